The second kappa shape index (κ2) is 10.7. The fourth-order valence-electron chi connectivity index (χ4n) is 3.58. The summed E-state index contributed by atoms with van der Waals surface area (Å²) in [4.78, 5) is 26.7. The van der Waals surface area contributed by atoms with Crippen LogP contribution in [-0.4, -0.2) is 80.6 Å². The number of rotatable bonds is 4. The van der Waals surface area contributed by atoms with Gasteiger partial charge in [-0.2, -0.15) is 8.42 Å². The largest absolute Gasteiger partial charge is 0.394 e. The SMILES string of the molecule is CN1CCN(c2ncc(-c3ccc4c(Nc5cnccn5)ccnc4c3)cn2)CC1.O=S(=O)(O)O. The molecule has 182 valence electrons. The Kier molecular flexibility index (Phi) is 7.41. The van der Waals surface area contributed by atoms with Crippen molar-refractivity contribution >= 4 is 38.8 Å². The Bertz CT molecular complexity index is 1370. The number of aromatic nitrogens is 5. The summed E-state index contributed by atoms with van der Waals surface area (Å²) in [5.74, 6) is 1.49. The van der Waals surface area contributed by atoms with Gasteiger partial charge in [0.1, 0.15) is 5.82 Å². The highest BCUT2D eigenvalue weighted by Crippen LogP contribution is 2.28. The van der Waals surface area contributed by atoms with Crippen molar-refractivity contribution in [1.82, 2.24) is 29.8 Å². The minimum atomic E-state index is -4.67. The third kappa shape index (κ3) is 6.86. The van der Waals surface area contributed by atoms with Crippen molar-refractivity contribution in [3.05, 3.63) is 61.4 Å². The molecular weight excluding hydrogens is 472 g/mol. The lowest BCUT2D eigenvalue weighted by Gasteiger charge is -2.32. The monoisotopic (exact) mass is 496 g/mol. The molecule has 1 aliphatic rings. The Balaban J connectivity index is 0.000000527. The van der Waals surface area contributed by atoms with E-state index >= 15 is 0 Å². The number of pyridine rings is 1. The molecule has 0 radical (unpaired) electrons. The first-order valence-electron chi connectivity index (χ1n) is 10.6. The highest BCUT2D eigenvalue weighted by atomic mass is 32.3. The quantitative estimate of drug-likeness (QED) is 0.355. The van der Waals surface area contributed by atoms with Crippen LogP contribution >= 0.6 is 0 Å². The minimum absolute atomic E-state index is 0.696. The maximum atomic E-state index is 8.74. The molecule has 4 aromatic rings. The zero-order chi connectivity index (χ0) is 24.8. The molecule has 3 aromatic heterocycles. The van der Waals surface area contributed by atoms with E-state index in [0.717, 1.165) is 59.8 Å². The van der Waals surface area contributed by atoms with Gasteiger partial charge < -0.3 is 15.1 Å². The Labute approximate surface area is 202 Å². The van der Waals surface area contributed by atoms with Crippen LogP contribution in [0.2, 0.25) is 0 Å². The zero-order valence-corrected chi connectivity index (χ0v) is 19.7. The molecule has 13 heteroatoms. The lowest BCUT2D eigenvalue weighted by Crippen LogP contribution is -2.45. The summed E-state index contributed by atoms with van der Waals surface area (Å²) in [5, 5.41) is 4.32. The van der Waals surface area contributed by atoms with E-state index in [0.29, 0.717) is 5.82 Å². The Morgan fingerprint density at radius 2 is 1.57 bits per heavy atom. The van der Waals surface area contributed by atoms with E-state index in [2.05, 4.69) is 65.3 Å². The van der Waals surface area contributed by atoms with Crippen LogP contribution in [-0.2, 0) is 10.4 Å². The van der Waals surface area contributed by atoms with Crippen LogP contribution in [0.3, 0.4) is 0 Å². The van der Waals surface area contributed by atoms with Gasteiger partial charge in [-0.25, -0.2) is 15.0 Å². The molecule has 0 spiro atoms. The van der Waals surface area contributed by atoms with Crippen molar-refractivity contribution in [3.8, 4) is 11.1 Å². The average molecular weight is 497 g/mol. The summed E-state index contributed by atoms with van der Waals surface area (Å²) in [7, 11) is -2.52. The molecule has 1 fully saturated rings. The van der Waals surface area contributed by atoms with Gasteiger partial charge in [-0.05, 0) is 24.7 Å². The highest BCUT2D eigenvalue weighted by molar-refractivity contribution is 7.79. The van der Waals surface area contributed by atoms with Crippen LogP contribution in [0.4, 0.5) is 17.5 Å². The van der Waals surface area contributed by atoms with Gasteiger partial charge in [-0.3, -0.25) is 19.1 Å². The van der Waals surface area contributed by atoms with Crippen LogP contribution in [0.25, 0.3) is 22.0 Å². The first-order chi connectivity index (χ1) is 16.8. The molecule has 12 nitrogen and oxygen atoms in total. The van der Waals surface area contributed by atoms with Crippen LogP contribution in [0.1, 0.15) is 0 Å². The van der Waals surface area contributed by atoms with Gasteiger partial charge in [-0.15, -0.1) is 0 Å². The second-order valence-corrected chi connectivity index (χ2v) is 8.71. The van der Waals surface area contributed by atoms with Gasteiger partial charge in [-0.1, -0.05) is 12.1 Å². The van der Waals surface area contributed by atoms with E-state index in [1.807, 2.05) is 18.5 Å². The van der Waals surface area contributed by atoms with Gasteiger partial charge in [0.05, 0.1) is 17.4 Å². The molecule has 1 saturated heterocycles. The lowest BCUT2D eigenvalue weighted by molar-refractivity contribution is 0.311. The molecule has 0 unspecified atom stereocenters. The summed E-state index contributed by atoms with van der Waals surface area (Å²) in [5.41, 5.74) is 3.85. The van der Waals surface area contributed by atoms with E-state index in [1.54, 1.807) is 24.8 Å². The molecular formula is C22H24N8O4S. The molecule has 0 bridgehead atoms. The smallest absolute Gasteiger partial charge is 0.338 e. The van der Waals surface area contributed by atoms with Crippen LogP contribution in [0.5, 0.6) is 0 Å². The average Bonchev–Trinajstić information content (AvgIpc) is 2.84. The third-order valence-electron chi connectivity index (χ3n) is 5.33. The number of fused-ring (bicyclic) bond motifs is 1. The molecule has 3 N–H and O–H groups in total. The van der Waals surface area contributed by atoms with Gasteiger partial charge in [0.25, 0.3) is 0 Å². The first-order valence-corrected chi connectivity index (χ1v) is 12.0. The number of benzene rings is 1. The predicted octanol–water partition coefficient (Wildman–Crippen LogP) is 2.32. The van der Waals surface area contributed by atoms with E-state index in [1.165, 1.54) is 0 Å². The number of nitrogens with one attached hydrogen (secondary N) is 1. The third-order valence-corrected chi connectivity index (χ3v) is 5.33. The van der Waals surface area contributed by atoms with E-state index < -0.39 is 10.4 Å². The predicted molar refractivity (Wildman–Crippen MR) is 132 cm³/mol. The van der Waals surface area contributed by atoms with E-state index in [4.69, 9.17) is 17.5 Å². The number of hydrogen-bond donors (Lipinski definition) is 3. The molecule has 1 aromatic carbocycles. The molecule has 0 aliphatic carbocycles. The van der Waals surface area contributed by atoms with Crippen molar-refractivity contribution in [1.29, 1.82) is 0 Å². The number of likely N-dealkylation sites (N-methyl/N-ethyl adjacent to an activating group) is 1. The van der Waals surface area contributed by atoms with Crippen molar-refractivity contribution in [2.75, 3.05) is 43.4 Å². The highest BCUT2D eigenvalue weighted by Gasteiger charge is 2.16. The van der Waals surface area contributed by atoms with E-state index in [-0.39, 0.29) is 0 Å². The maximum absolute atomic E-state index is 8.74. The molecule has 0 amide bonds. The maximum Gasteiger partial charge on any atom is 0.394 e. The minimum Gasteiger partial charge on any atom is -0.338 e. The van der Waals surface area contributed by atoms with Gasteiger partial charge in [0, 0.05) is 68.1 Å². The fourth-order valence-corrected chi connectivity index (χ4v) is 3.58. The molecule has 35 heavy (non-hydrogen) atoms. The van der Waals surface area contributed by atoms with Crippen LogP contribution in [0.15, 0.2) is 61.4 Å². The number of hydrogen-bond acceptors (Lipinski definition) is 10. The number of piperazine rings is 1. The van der Waals surface area contributed by atoms with Crippen molar-refractivity contribution < 1.29 is 17.5 Å². The van der Waals surface area contributed by atoms with Gasteiger partial charge >= 0.3 is 10.4 Å². The number of anilines is 3. The second-order valence-electron chi connectivity index (χ2n) is 7.82. The van der Waals surface area contributed by atoms with E-state index in [9.17, 15) is 0 Å². The van der Waals surface area contributed by atoms with Crippen LogP contribution < -0.4 is 10.2 Å². The fraction of sp³-hybridized carbons (Fsp3) is 0.227. The van der Waals surface area contributed by atoms with Crippen molar-refractivity contribution in [2.45, 2.75) is 0 Å². The number of nitrogens with zero attached hydrogens (tertiary/aromatic N) is 7. The molecule has 4 heterocycles. The summed E-state index contributed by atoms with van der Waals surface area (Å²) < 4.78 is 31.6. The molecule has 5 rings (SSSR count). The summed E-state index contributed by atoms with van der Waals surface area (Å²) >= 11 is 0. The lowest BCUT2D eigenvalue weighted by atomic mass is 10.1. The van der Waals surface area contributed by atoms with Gasteiger partial charge in [0.15, 0.2) is 0 Å². The van der Waals surface area contributed by atoms with Crippen molar-refractivity contribution in [2.24, 2.45) is 0 Å². The summed E-state index contributed by atoms with van der Waals surface area (Å²) in [6, 6.07) is 8.13. The topological polar surface area (TPSA) is 158 Å². The standard InChI is InChI=1S/C22H22N8.H2O4S/c1-29-8-10-30(11-9-29)22-26-13-17(14-27-22)16-2-3-18-19(4-5-24-20(18)12-16)28-21-15-23-6-7-25-21;1-5(2,3)4/h2-7,12-15H,8-11H2,1H3,(H,24,25,28);(H2,1,2,3,4). The van der Waals surface area contributed by atoms with Gasteiger partial charge in [0.2, 0.25) is 5.95 Å². The summed E-state index contributed by atoms with van der Waals surface area (Å²) in [6.07, 6.45) is 10.6. The molecule has 0 saturated carbocycles. The van der Waals surface area contributed by atoms with Crippen molar-refractivity contribution in [3.63, 3.8) is 0 Å². The zero-order valence-electron chi connectivity index (χ0n) is 18.9. The normalized spacial score (nSPS) is 14.3. The Morgan fingerprint density at radius 1 is 0.857 bits per heavy atom. The molecule has 1 aliphatic heterocycles. The summed E-state index contributed by atoms with van der Waals surface area (Å²) in [6.45, 7) is 3.98. The van der Waals surface area contributed by atoms with Crippen LogP contribution in [0, 0.1) is 0 Å². The Hall–Kier alpha value is -3.78. The Morgan fingerprint density at radius 3 is 2.23 bits per heavy atom. The first kappa shape index (κ1) is 24.3. The molecule has 0 atom stereocenters.